The molecule has 0 bridgehead atoms. The Morgan fingerprint density at radius 1 is 0.963 bits per heavy atom. The van der Waals surface area contributed by atoms with Gasteiger partial charge in [-0.25, -0.2) is 0 Å². The second-order valence-corrected chi connectivity index (χ2v) is 7.09. The third-order valence-corrected chi connectivity index (χ3v) is 5.00. The Balaban J connectivity index is 0.00000676. The lowest BCUT2D eigenvalue weighted by Gasteiger charge is -2.27. The van der Waals surface area contributed by atoms with Crippen molar-refractivity contribution >= 4 is 29.9 Å². The average Bonchev–Trinajstić information content (AvgIpc) is 3.11. The van der Waals surface area contributed by atoms with Gasteiger partial charge in [0, 0.05) is 46.6 Å². The molecule has 0 spiro atoms. The van der Waals surface area contributed by atoms with Crippen LogP contribution in [0.3, 0.4) is 0 Å². The molecule has 0 radical (unpaired) electrons. The van der Waals surface area contributed by atoms with Crippen LogP contribution in [0.5, 0.6) is 0 Å². The molecule has 1 fully saturated rings. The predicted molar refractivity (Wildman–Crippen MR) is 123 cm³/mol. The van der Waals surface area contributed by atoms with Gasteiger partial charge in [-0.3, -0.25) is 4.99 Å². The van der Waals surface area contributed by atoms with Crippen LogP contribution in [0, 0.1) is 5.41 Å². The number of rotatable bonds is 15. The summed E-state index contributed by atoms with van der Waals surface area (Å²) in [6.45, 7) is 10.7. The predicted octanol–water partition coefficient (Wildman–Crippen LogP) is 3.59. The van der Waals surface area contributed by atoms with Gasteiger partial charge in [-0.2, -0.15) is 0 Å². The first kappa shape index (κ1) is 26.9. The van der Waals surface area contributed by atoms with Crippen molar-refractivity contribution in [2.24, 2.45) is 10.4 Å². The van der Waals surface area contributed by atoms with Gasteiger partial charge < -0.3 is 24.8 Å². The highest BCUT2D eigenvalue weighted by Crippen LogP contribution is 2.41. The number of hydrogen-bond acceptors (Lipinski definition) is 4. The zero-order chi connectivity index (χ0) is 18.9. The monoisotopic (exact) mass is 499 g/mol. The molecule has 0 amide bonds. The summed E-state index contributed by atoms with van der Waals surface area (Å²) >= 11 is 0. The molecule has 7 heteroatoms. The van der Waals surface area contributed by atoms with Crippen LogP contribution in [0.1, 0.15) is 58.8 Å². The number of halogens is 1. The van der Waals surface area contributed by atoms with Crippen molar-refractivity contribution in [1.29, 1.82) is 0 Å². The van der Waals surface area contributed by atoms with Gasteiger partial charge >= 0.3 is 0 Å². The lowest BCUT2D eigenvalue weighted by molar-refractivity contribution is 0.0689. The zero-order valence-electron chi connectivity index (χ0n) is 17.7. The second kappa shape index (κ2) is 17.9. The first-order valence-electron chi connectivity index (χ1n) is 10.4. The summed E-state index contributed by atoms with van der Waals surface area (Å²) < 4.78 is 16.1. The summed E-state index contributed by atoms with van der Waals surface area (Å²) in [5, 5.41) is 6.83. The Hall–Kier alpha value is -0.120. The Bertz CT molecular complexity index is 364. The molecule has 1 aliphatic rings. The molecule has 0 aromatic carbocycles. The van der Waals surface area contributed by atoms with Gasteiger partial charge in [-0.1, -0.05) is 12.8 Å². The average molecular weight is 499 g/mol. The van der Waals surface area contributed by atoms with E-state index in [2.05, 4.69) is 24.5 Å². The van der Waals surface area contributed by atoms with Crippen LogP contribution in [0.25, 0.3) is 0 Å². The third kappa shape index (κ3) is 12.9. The van der Waals surface area contributed by atoms with Gasteiger partial charge in [0.25, 0.3) is 0 Å². The fraction of sp³-hybridized carbons (Fsp3) is 0.950. The number of guanidine groups is 1. The Morgan fingerprint density at radius 3 is 2.41 bits per heavy atom. The van der Waals surface area contributed by atoms with Crippen molar-refractivity contribution < 1.29 is 14.2 Å². The largest absolute Gasteiger partial charge is 0.382 e. The van der Waals surface area contributed by atoms with Crippen LogP contribution in [0.4, 0.5) is 0 Å². The summed E-state index contributed by atoms with van der Waals surface area (Å²) in [6.07, 6.45) is 8.47. The zero-order valence-corrected chi connectivity index (χ0v) is 20.0. The topological polar surface area (TPSA) is 64.1 Å². The van der Waals surface area contributed by atoms with Crippen molar-refractivity contribution in [2.75, 3.05) is 59.8 Å². The van der Waals surface area contributed by atoms with E-state index >= 15 is 0 Å². The van der Waals surface area contributed by atoms with Crippen molar-refractivity contribution in [3.63, 3.8) is 0 Å². The smallest absolute Gasteiger partial charge is 0.191 e. The molecule has 0 aromatic rings. The van der Waals surface area contributed by atoms with E-state index in [0.29, 0.717) is 18.6 Å². The van der Waals surface area contributed by atoms with Crippen LogP contribution in [0.2, 0.25) is 0 Å². The van der Waals surface area contributed by atoms with Gasteiger partial charge in [0.15, 0.2) is 5.96 Å². The molecule has 0 unspecified atom stereocenters. The molecule has 0 atom stereocenters. The molecule has 1 saturated carbocycles. The van der Waals surface area contributed by atoms with Crippen LogP contribution in [-0.2, 0) is 14.2 Å². The summed E-state index contributed by atoms with van der Waals surface area (Å²) in [4.78, 5) is 4.90. The lowest BCUT2D eigenvalue weighted by Crippen LogP contribution is -2.39. The molecule has 2 N–H and O–H groups in total. The van der Waals surface area contributed by atoms with Crippen LogP contribution < -0.4 is 10.6 Å². The fourth-order valence-corrected chi connectivity index (χ4v) is 3.41. The molecule has 162 valence electrons. The fourth-order valence-electron chi connectivity index (χ4n) is 3.41. The minimum Gasteiger partial charge on any atom is -0.382 e. The maximum atomic E-state index is 5.60. The van der Waals surface area contributed by atoms with Gasteiger partial charge in [0.1, 0.15) is 0 Å². The maximum Gasteiger partial charge on any atom is 0.191 e. The highest BCUT2D eigenvalue weighted by atomic mass is 127. The molecule has 27 heavy (non-hydrogen) atoms. The van der Waals surface area contributed by atoms with Crippen molar-refractivity contribution in [2.45, 2.75) is 58.8 Å². The van der Waals surface area contributed by atoms with Gasteiger partial charge in [0.05, 0.1) is 13.2 Å². The molecule has 0 heterocycles. The molecule has 0 aromatic heterocycles. The van der Waals surface area contributed by atoms with Crippen molar-refractivity contribution in [1.82, 2.24) is 10.6 Å². The van der Waals surface area contributed by atoms with Crippen LogP contribution >= 0.6 is 24.0 Å². The van der Waals surface area contributed by atoms with E-state index in [0.717, 1.165) is 64.7 Å². The summed E-state index contributed by atoms with van der Waals surface area (Å²) in [5.41, 5.74) is 0.340. The number of hydrogen-bond donors (Lipinski definition) is 2. The maximum absolute atomic E-state index is 5.60. The molecule has 6 nitrogen and oxygen atoms in total. The van der Waals surface area contributed by atoms with E-state index in [1.54, 1.807) is 7.11 Å². The van der Waals surface area contributed by atoms with Gasteiger partial charge in [0.2, 0.25) is 0 Å². The number of methoxy groups -OCH3 is 1. The molecule has 1 aliphatic carbocycles. The quantitative estimate of drug-likeness (QED) is 0.156. The molecule has 1 rings (SSSR count). The Kier molecular flexibility index (Phi) is 17.9. The minimum atomic E-state index is 0. The Labute approximate surface area is 183 Å². The van der Waals surface area contributed by atoms with Gasteiger partial charge in [-0.05, 0) is 51.4 Å². The van der Waals surface area contributed by atoms with Crippen LogP contribution in [-0.4, -0.2) is 65.7 Å². The minimum absolute atomic E-state index is 0. The normalized spacial score (nSPS) is 16.2. The van der Waals surface area contributed by atoms with Crippen molar-refractivity contribution in [3.05, 3.63) is 0 Å². The molecular formula is C20H42IN3O3. The first-order chi connectivity index (χ1) is 12.8. The lowest BCUT2D eigenvalue weighted by atomic mass is 9.83. The number of nitrogens with zero attached hydrogens (tertiary/aromatic N) is 1. The summed E-state index contributed by atoms with van der Waals surface area (Å²) in [6, 6.07) is 0. The number of aliphatic imine (C=N–C) groups is 1. The number of ether oxygens (including phenoxy) is 3. The Morgan fingerprint density at radius 2 is 1.74 bits per heavy atom. The summed E-state index contributed by atoms with van der Waals surface area (Å²) in [5.74, 6) is 0.940. The standard InChI is InChI=1S/C20H41N3O3.HI/c1-4-21-19(22-13-8-9-14-26-17-16-24-3)23-18-20(10-6-7-11-20)12-15-25-5-2;/h4-18H2,1-3H3,(H2,21,22,23);1H. The van der Waals surface area contributed by atoms with E-state index in [9.17, 15) is 0 Å². The van der Waals surface area contributed by atoms with Crippen LogP contribution in [0.15, 0.2) is 4.99 Å². The van der Waals surface area contributed by atoms with E-state index in [4.69, 9.17) is 19.2 Å². The SMILES string of the molecule is CCNC(=NCC1(CCOCC)CCCC1)NCCCCOCCOC.I. The highest BCUT2D eigenvalue weighted by molar-refractivity contribution is 14.0. The second-order valence-electron chi connectivity index (χ2n) is 7.09. The highest BCUT2D eigenvalue weighted by Gasteiger charge is 2.33. The van der Waals surface area contributed by atoms with E-state index < -0.39 is 0 Å². The molecule has 0 saturated heterocycles. The van der Waals surface area contributed by atoms with Gasteiger partial charge in [-0.15, -0.1) is 24.0 Å². The van der Waals surface area contributed by atoms with E-state index in [1.807, 2.05) is 0 Å². The summed E-state index contributed by atoms with van der Waals surface area (Å²) in [7, 11) is 1.70. The van der Waals surface area contributed by atoms with E-state index in [-0.39, 0.29) is 24.0 Å². The first-order valence-corrected chi connectivity index (χ1v) is 10.4. The number of unbranched alkanes of at least 4 members (excludes halogenated alkanes) is 1. The molecular weight excluding hydrogens is 457 g/mol. The van der Waals surface area contributed by atoms with E-state index in [1.165, 1.54) is 25.7 Å². The number of nitrogens with one attached hydrogen (secondary N) is 2. The third-order valence-electron chi connectivity index (χ3n) is 5.00. The van der Waals surface area contributed by atoms with Crippen molar-refractivity contribution in [3.8, 4) is 0 Å². The molecule has 0 aliphatic heterocycles.